The minimum atomic E-state index is -0.412. The molecule has 21 heavy (non-hydrogen) atoms. The SMILES string of the molecule is CCN1CCN(CC(=O)Nc2cc(F)ccc2N)CC1C. The van der Waals surface area contributed by atoms with Crippen molar-refractivity contribution in [1.29, 1.82) is 0 Å². The van der Waals surface area contributed by atoms with E-state index in [9.17, 15) is 9.18 Å². The lowest BCUT2D eigenvalue weighted by atomic mass is 10.2. The van der Waals surface area contributed by atoms with Gasteiger partial charge in [0, 0.05) is 25.7 Å². The number of hydrogen-bond acceptors (Lipinski definition) is 4. The lowest BCUT2D eigenvalue weighted by molar-refractivity contribution is -0.118. The highest BCUT2D eigenvalue weighted by atomic mass is 19.1. The van der Waals surface area contributed by atoms with Crippen LogP contribution in [0.1, 0.15) is 13.8 Å². The Kier molecular flexibility index (Phi) is 5.14. The molecule has 0 spiro atoms. The van der Waals surface area contributed by atoms with Crippen LogP contribution in [0, 0.1) is 5.82 Å². The average Bonchev–Trinajstić information content (AvgIpc) is 2.43. The summed E-state index contributed by atoms with van der Waals surface area (Å²) in [5, 5.41) is 2.68. The molecule has 2 rings (SSSR count). The van der Waals surface area contributed by atoms with Crippen LogP contribution >= 0.6 is 0 Å². The van der Waals surface area contributed by atoms with Crippen molar-refractivity contribution in [3.63, 3.8) is 0 Å². The van der Waals surface area contributed by atoms with Gasteiger partial charge in [-0.3, -0.25) is 14.6 Å². The number of nitrogens with one attached hydrogen (secondary N) is 1. The summed E-state index contributed by atoms with van der Waals surface area (Å²) in [6, 6.07) is 4.41. The van der Waals surface area contributed by atoms with Crippen LogP contribution in [0.3, 0.4) is 0 Å². The molecule has 116 valence electrons. The van der Waals surface area contributed by atoms with Gasteiger partial charge in [-0.2, -0.15) is 0 Å². The highest BCUT2D eigenvalue weighted by Gasteiger charge is 2.23. The zero-order chi connectivity index (χ0) is 15.4. The predicted octanol–water partition coefficient (Wildman–Crippen LogP) is 1.37. The Hall–Kier alpha value is -1.66. The van der Waals surface area contributed by atoms with Crippen molar-refractivity contribution in [2.24, 2.45) is 0 Å². The van der Waals surface area contributed by atoms with Crippen LogP contribution in [-0.4, -0.2) is 54.5 Å². The van der Waals surface area contributed by atoms with E-state index in [1.165, 1.54) is 18.2 Å². The molecule has 1 unspecified atom stereocenters. The Morgan fingerprint density at radius 2 is 2.24 bits per heavy atom. The van der Waals surface area contributed by atoms with Crippen molar-refractivity contribution in [2.45, 2.75) is 19.9 Å². The van der Waals surface area contributed by atoms with E-state index in [1.54, 1.807) is 0 Å². The molecule has 0 bridgehead atoms. The molecule has 1 aliphatic rings. The van der Waals surface area contributed by atoms with Crippen molar-refractivity contribution in [2.75, 3.05) is 43.8 Å². The Morgan fingerprint density at radius 3 is 2.90 bits per heavy atom. The second kappa shape index (κ2) is 6.87. The number of hydrogen-bond donors (Lipinski definition) is 2. The molecule has 1 saturated heterocycles. The van der Waals surface area contributed by atoms with Gasteiger partial charge in [-0.25, -0.2) is 4.39 Å². The molecular formula is C15H23FN4O. The molecule has 1 heterocycles. The summed E-state index contributed by atoms with van der Waals surface area (Å²) in [5.41, 5.74) is 6.43. The second-order valence-corrected chi connectivity index (χ2v) is 5.49. The van der Waals surface area contributed by atoms with Crippen LogP contribution in [0.4, 0.5) is 15.8 Å². The lowest BCUT2D eigenvalue weighted by Crippen LogP contribution is -2.53. The first kappa shape index (κ1) is 15.7. The van der Waals surface area contributed by atoms with E-state index in [4.69, 9.17) is 5.73 Å². The van der Waals surface area contributed by atoms with Crippen molar-refractivity contribution in [1.82, 2.24) is 9.80 Å². The molecule has 0 aliphatic carbocycles. The summed E-state index contributed by atoms with van der Waals surface area (Å²) in [5.74, 6) is -0.575. The third kappa shape index (κ3) is 4.15. The van der Waals surface area contributed by atoms with Crippen molar-refractivity contribution >= 4 is 17.3 Å². The van der Waals surface area contributed by atoms with Crippen LogP contribution in [0.15, 0.2) is 18.2 Å². The molecule has 1 fully saturated rings. The Bertz CT molecular complexity index is 508. The number of carbonyl (C=O) groups excluding carboxylic acids is 1. The van der Waals surface area contributed by atoms with Crippen LogP contribution in [0.25, 0.3) is 0 Å². The van der Waals surface area contributed by atoms with E-state index >= 15 is 0 Å². The van der Waals surface area contributed by atoms with Crippen LogP contribution in [-0.2, 0) is 4.79 Å². The van der Waals surface area contributed by atoms with E-state index in [1.807, 2.05) is 0 Å². The van der Waals surface area contributed by atoms with Gasteiger partial charge in [-0.05, 0) is 31.7 Å². The fourth-order valence-corrected chi connectivity index (χ4v) is 2.71. The standard InChI is InChI=1S/C15H23FN4O/c1-3-20-7-6-19(9-11(20)2)10-15(21)18-14-8-12(16)4-5-13(14)17/h4-5,8,11H,3,6-7,9-10,17H2,1-2H3,(H,18,21). The van der Waals surface area contributed by atoms with Gasteiger partial charge in [0.05, 0.1) is 17.9 Å². The summed E-state index contributed by atoms with van der Waals surface area (Å²) < 4.78 is 13.2. The quantitative estimate of drug-likeness (QED) is 0.824. The monoisotopic (exact) mass is 294 g/mol. The van der Waals surface area contributed by atoms with Gasteiger partial charge in [0.1, 0.15) is 5.82 Å². The maximum absolute atomic E-state index is 13.2. The topological polar surface area (TPSA) is 61.6 Å². The summed E-state index contributed by atoms with van der Waals surface area (Å²) in [6.07, 6.45) is 0. The van der Waals surface area contributed by atoms with Gasteiger partial charge in [-0.1, -0.05) is 6.92 Å². The number of anilines is 2. The smallest absolute Gasteiger partial charge is 0.238 e. The average molecular weight is 294 g/mol. The molecule has 0 radical (unpaired) electrons. The predicted molar refractivity (Wildman–Crippen MR) is 82.6 cm³/mol. The molecule has 1 amide bonds. The van der Waals surface area contributed by atoms with E-state index in [-0.39, 0.29) is 5.91 Å². The van der Waals surface area contributed by atoms with E-state index in [2.05, 4.69) is 29.0 Å². The molecule has 0 saturated carbocycles. The number of benzene rings is 1. The van der Waals surface area contributed by atoms with Crippen LogP contribution in [0.5, 0.6) is 0 Å². The molecule has 6 heteroatoms. The zero-order valence-electron chi connectivity index (χ0n) is 12.6. The number of amides is 1. The van der Waals surface area contributed by atoms with Crippen molar-refractivity contribution in [3.05, 3.63) is 24.0 Å². The molecule has 0 aromatic heterocycles. The fraction of sp³-hybridized carbons (Fsp3) is 0.533. The summed E-state index contributed by atoms with van der Waals surface area (Å²) in [4.78, 5) is 16.6. The minimum absolute atomic E-state index is 0.163. The van der Waals surface area contributed by atoms with Gasteiger partial charge < -0.3 is 11.1 Å². The summed E-state index contributed by atoms with van der Waals surface area (Å²) >= 11 is 0. The van der Waals surface area contributed by atoms with E-state index < -0.39 is 5.82 Å². The van der Waals surface area contributed by atoms with Gasteiger partial charge in [0.25, 0.3) is 0 Å². The number of likely N-dealkylation sites (N-methyl/N-ethyl adjacent to an activating group) is 1. The number of nitrogen functional groups attached to an aromatic ring is 1. The number of nitrogens with two attached hydrogens (primary N) is 1. The maximum atomic E-state index is 13.2. The fourth-order valence-electron chi connectivity index (χ4n) is 2.71. The lowest BCUT2D eigenvalue weighted by Gasteiger charge is -2.38. The number of halogens is 1. The van der Waals surface area contributed by atoms with Gasteiger partial charge in [0.15, 0.2) is 0 Å². The molecule has 1 atom stereocenters. The Balaban J connectivity index is 1.89. The molecule has 1 aliphatic heterocycles. The maximum Gasteiger partial charge on any atom is 0.238 e. The number of nitrogens with zero attached hydrogens (tertiary/aromatic N) is 2. The molecule has 3 N–H and O–H groups in total. The summed E-state index contributed by atoms with van der Waals surface area (Å²) in [7, 11) is 0. The third-order valence-corrected chi connectivity index (χ3v) is 3.91. The van der Waals surface area contributed by atoms with Gasteiger partial charge in [0.2, 0.25) is 5.91 Å². The van der Waals surface area contributed by atoms with E-state index in [0.717, 1.165) is 26.2 Å². The molecular weight excluding hydrogens is 271 g/mol. The number of rotatable bonds is 4. The molecule has 5 nitrogen and oxygen atoms in total. The zero-order valence-corrected chi connectivity index (χ0v) is 12.6. The number of carbonyl (C=O) groups is 1. The highest BCUT2D eigenvalue weighted by Crippen LogP contribution is 2.19. The van der Waals surface area contributed by atoms with Gasteiger partial charge >= 0.3 is 0 Å². The second-order valence-electron chi connectivity index (χ2n) is 5.49. The largest absolute Gasteiger partial charge is 0.397 e. The van der Waals surface area contributed by atoms with Crippen LogP contribution < -0.4 is 11.1 Å². The Morgan fingerprint density at radius 1 is 1.48 bits per heavy atom. The molecule has 1 aromatic carbocycles. The highest BCUT2D eigenvalue weighted by molar-refractivity contribution is 5.95. The first-order chi connectivity index (χ1) is 9.99. The first-order valence-electron chi connectivity index (χ1n) is 7.31. The van der Waals surface area contributed by atoms with Gasteiger partial charge in [-0.15, -0.1) is 0 Å². The van der Waals surface area contributed by atoms with Crippen molar-refractivity contribution < 1.29 is 9.18 Å². The van der Waals surface area contributed by atoms with Crippen LogP contribution in [0.2, 0.25) is 0 Å². The normalized spacial score (nSPS) is 20.4. The minimum Gasteiger partial charge on any atom is -0.397 e. The summed E-state index contributed by atoms with van der Waals surface area (Å²) in [6.45, 7) is 8.33. The van der Waals surface area contributed by atoms with Crippen molar-refractivity contribution in [3.8, 4) is 0 Å². The van der Waals surface area contributed by atoms with E-state index in [0.29, 0.717) is 24.0 Å². The Labute approximate surface area is 124 Å². The molecule has 1 aromatic rings. The number of piperazine rings is 1. The first-order valence-corrected chi connectivity index (χ1v) is 7.31. The third-order valence-electron chi connectivity index (χ3n) is 3.91.